The van der Waals surface area contributed by atoms with E-state index in [9.17, 15) is 14.4 Å². The summed E-state index contributed by atoms with van der Waals surface area (Å²) in [6.07, 6.45) is 5.68. The van der Waals surface area contributed by atoms with Gasteiger partial charge in [-0.15, -0.1) is 0 Å². The van der Waals surface area contributed by atoms with Crippen LogP contribution in [0.1, 0.15) is 210 Å². The van der Waals surface area contributed by atoms with Gasteiger partial charge in [0.2, 0.25) is 12.2 Å². The van der Waals surface area contributed by atoms with Gasteiger partial charge in [-0.2, -0.15) is 0 Å². The molecule has 5 aliphatic carbocycles. The zero-order chi connectivity index (χ0) is 73.5. The Labute approximate surface area is 613 Å². The van der Waals surface area contributed by atoms with Crippen molar-refractivity contribution in [1.29, 1.82) is 0 Å². The Morgan fingerprint density at radius 3 is 1.96 bits per heavy atom. The Morgan fingerprint density at radius 1 is 0.650 bits per heavy atom. The number of rotatable bonds is 24. The number of hydrogen-bond acceptors (Lipinski definition) is 16. The van der Waals surface area contributed by atoms with Gasteiger partial charge in [-0.05, 0) is 181 Å². The summed E-state index contributed by atoms with van der Waals surface area (Å²) in [5, 5.41) is 6.22. The van der Waals surface area contributed by atoms with Gasteiger partial charge in [-0.3, -0.25) is 9.59 Å². The van der Waals surface area contributed by atoms with Crippen LogP contribution in [-0.2, 0) is 91.0 Å². The Balaban J connectivity index is 0.835. The lowest BCUT2D eigenvalue weighted by atomic mass is 9.33. The number of ether oxygens (including phenoxy) is 12. The average molecular weight is 1430 g/mol. The molecule has 23 atom stereocenters. The summed E-state index contributed by atoms with van der Waals surface area (Å²) in [5.74, 6) is -1.55. The zero-order valence-corrected chi connectivity index (χ0v) is 64.4. The van der Waals surface area contributed by atoms with E-state index in [1.54, 1.807) is 0 Å². The fourth-order valence-electron chi connectivity index (χ4n) is 20.5. The lowest BCUT2D eigenvalue weighted by Gasteiger charge is -2.71. The third-order valence-electron chi connectivity index (χ3n) is 26.7. The van der Waals surface area contributed by atoms with Gasteiger partial charge in [0.05, 0.1) is 56.7 Å². The number of carbonyl (C=O) groups excluding carboxylic acids is 4. The Kier molecular flexibility index (Phi) is 23.5. The van der Waals surface area contributed by atoms with E-state index in [4.69, 9.17) is 56.8 Å². The minimum atomic E-state index is -1.29. The molecule has 18 nitrogen and oxygen atoms in total. The quantitative estimate of drug-likeness (QED) is 0.0371. The normalized spacial score (nSPS) is 39.5. The highest BCUT2D eigenvalue weighted by molar-refractivity contribution is 5.79. The molecule has 8 fully saturated rings. The monoisotopic (exact) mass is 1430 g/mol. The lowest BCUT2D eigenvalue weighted by molar-refractivity contribution is -0.354. The van der Waals surface area contributed by atoms with Crippen LogP contribution in [0.2, 0.25) is 0 Å². The topological polar surface area (TPSA) is 203 Å². The number of benzene rings is 3. The third-order valence-corrected chi connectivity index (χ3v) is 26.7. The largest absolute Gasteiger partial charge is 0.444 e. The first kappa shape index (κ1) is 77.5. The zero-order valence-electron chi connectivity index (χ0n) is 64.4. The number of nitrogens with one attached hydrogen (secondary N) is 2. The Hall–Kier alpha value is -5.12. The van der Waals surface area contributed by atoms with Crippen LogP contribution in [0.3, 0.4) is 0 Å². The van der Waals surface area contributed by atoms with Gasteiger partial charge in [0.15, 0.2) is 18.4 Å². The van der Waals surface area contributed by atoms with Crippen LogP contribution in [0.5, 0.6) is 0 Å². The van der Waals surface area contributed by atoms with Crippen molar-refractivity contribution < 1.29 is 76.0 Å². The summed E-state index contributed by atoms with van der Waals surface area (Å²) < 4.78 is 82.0. The van der Waals surface area contributed by atoms with E-state index in [2.05, 4.69) is 72.1 Å². The summed E-state index contributed by atoms with van der Waals surface area (Å²) >= 11 is 0. The molecule has 568 valence electrons. The molecule has 3 aromatic rings. The number of carbonyl (C=O) groups is 4. The highest BCUT2D eigenvalue weighted by Gasteiger charge is 2.70. The molecule has 0 radical (unpaired) electrons. The van der Waals surface area contributed by atoms with Gasteiger partial charge in [0.25, 0.3) is 0 Å². The van der Waals surface area contributed by atoms with E-state index < -0.39 is 103 Å². The maximum atomic E-state index is 16.5. The molecule has 11 unspecified atom stereocenters. The third kappa shape index (κ3) is 16.2. The summed E-state index contributed by atoms with van der Waals surface area (Å²) in [5.41, 5.74) is 2.30. The summed E-state index contributed by atoms with van der Waals surface area (Å²) in [4.78, 5) is 56.7. The molecule has 18 heteroatoms. The molecule has 0 aromatic heterocycles. The second kappa shape index (κ2) is 31.2. The minimum absolute atomic E-state index is 0.00340. The van der Waals surface area contributed by atoms with E-state index in [-0.39, 0.29) is 77.0 Å². The van der Waals surface area contributed by atoms with Crippen LogP contribution in [0.15, 0.2) is 103 Å². The second-order valence-corrected chi connectivity index (χ2v) is 35.6. The van der Waals surface area contributed by atoms with Crippen molar-refractivity contribution in [2.24, 2.45) is 68.0 Å². The van der Waals surface area contributed by atoms with Crippen molar-refractivity contribution in [2.45, 2.75) is 299 Å². The SMILES string of the molecule is CC1C(OCc2ccccc2)[C@H](OCc2ccccc2)CO[C@H]1O[C@H]1C(C)O[C@@H](OC2C(C)[C@@H](NC(=O)CCCCCNC(=O)OC(C)(C)C)C(COCc3ccccc3)O[C@H]2OC(=O)[C@]23CCC(C)(C)CC2C2=CCC4C5(C)CC[C@H](C)[C@](C)(C=O)[C@@H]5CC[C@]4(C)[C@]2(C)CC3)C2OC(C)(C)OC21. The van der Waals surface area contributed by atoms with Crippen molar-refractivity contribution in [3.63, 3.8) is 0 Å². The van der Waals surface area contributed by atoms with Crippen molar-refractivity contribution in [3.05, 3.63) is 119 Å². The molecule has 2 amide bonds. The van der Waals surface area contributed by atoms with Gasteiger partial charge >= 0.3 is 12.1 Å². The molecule has 4 saturated carbocycles. The van der Waals surface area contributed by atoms with Crippen LogP contribution in [0.4, 0.5) is 4.79 Å². The molecular weight excluding hydrogens is 1300 g/mol. The first-order valence-corrected chi connectivity index (χ1v) is 39.1. The maximum absolute atomic E-state index is 16.5. The molecule has 4 aliphatic heterocycles. The van der Waals surface area contributed by atoms with Crippen molar-refractivity contribution >= 4 is 24.3 Å². The van der Waals surface area contributed by atoms with Crippen molar-refractivity contribution in [3.8, 4) is 0 Å². The fraction of sp³-hybridized carbons (Fsp3) is 0.718. The fourth-order valence-corrected chi connectivity index (χ4v) is 20.5. The number of alkyl carbamates (subject to hydrolysis) is 1. The van der Waals surface area contributed by atoms with E-state index in [1.807, 2.05) is 139 Å². The van der Waals surface area contributed by atoms with E-state index in [1.165, 1.54) is 11.9 Å². The molecule has 4 saturated heterocycles. The van der Waals surface area contributed by atoms with Crippen molar-refractivity contribution in [2.75, 3.05) is 19.8 Å². The minimum Gasteiger partial charge on any atom is -0.444 e. The van der Waals surface area contributed by atoms with Crippen LogP contribution in [0, 0.1) is 68.0 Å². The second-order valence-electron chi connectivity index (χ2n) is 35.6. The molecule has 0 bridgehead atoms. The molecule has 3 aromatic carbocycles. The maximum Gasteiger partial charge on any atom is 0.407 e. The number of amides is 2. The standard InChI is InChI=1S/C85H122N2O16/c1-53-37-39-81(12)64(82(53,13)52-88)38-40-84(15)65(81)36-35-60-61-46-79(8,9)41-43-85(61,44-42-83(60,84)14)76(90)100-74-69(54(2)67(62(97-74)50-92-47-57-28-20-16-21-29-57)87-66(89)34-26-19-27-45-86-77(91)103-78(5,6)7)98-75-72-71(101-80(10,11)102-72)70(56(4)96-75)99-73-55(3)68(94-49-59-32-24-18-25-33-59)63(51-95-73)93-48-58-30-22-17-23-31-58/h16-18,20-25,28-33,35,52-56,61-65,67-75H,19,26-27,34,36-51H2,1-15H3,(H,86,91)(H,87,89)/t53-,54?,55?,56?,61?,62?,63+,64+,65?,67+,68?,69?,70-,71?,72?,73-,74-,75-,81?,82-,83+,84-,85-/m0/s1. The number of hydrogen-bond donors (Lipinski definition) is 2. The smallest absolute Gasteiger partial charge is 0.407 e. The molecule has 12 rings (SSSR count). The first-order chi connectivity index (χ1) is 48.9. The summed E-state index contributed by atoms with van der Waals surface area (Å²) in [6, 6.07) is 29.4. The van der Waals surface area contributed by atoms with Crippen LogP contribution >= 0.6 is 0 Å². The molecule has 4 heterocycles. The predicted molar refractivity (Wildman–Crippen MR) is 390 cm³/mol. The van der Waals surface area contributed by atoms with Gasteiger partial charge in [-0.25, -0.2) is 4.79 Å². The average Bonchev–Trinajstić information content (AvgIpc) is 1.02. The van der Waals surface area contributed by atoms with Crippen LogP contribution in [0.25, 0.3) is 0 Å². The molecular formula is C85H122N2O16. The van der Waals surface area contributed by atoms with Crippen molar-refractivity contribution in [1.82, 2.24) is 10.6 Å². The molecule has 2 N–H and O–H groups in total. The first-order valence-electron chi connectivity index (χ1n) is 39.1. The highest BCUT2D eigenvalue weighted by atomic mass is 16.8. The van der Waals surface area contributed by atoms with E-state index >= 15 is 4.79 Å². The number of unbranched alkanes of at least 4 members (excludes halogenated alkanes) is 2. The lowest BCUT2D eigenvalue weighted by Crippen LogP contribution is -2.66. The highest BCUT2D eigenvalue weighted by Crippen LogP contribution is 2.76. The van der Waals surface area contributed by atoms with Crippen LogP contribution < -0.4 is 10.6 Å². The van der Waals surface area contributed by atoms with Crippen LogP contribution in [-0.4, -0.2) is 129 Å². The molecule has 103 heavy (non-hydrogen) atoms. The predicted octanol–water partition coefficient (Wildman–Crippen LogP) is 15.5. The van der Waals surface area contributed by atoms with Gasteiger partial charge < -0.3 is 72.3 Å². The number of aldehydes is 1. The Morgan fingerprint density at radius 2 is 1.29 bits per heavy atom. The van der Waals surface area contributed by atoms with Gasteiger partial charge in [0, 0.05) is 30.2 Å². The number of allylic oxidation sites excluding steroid dienone is 2. The number of esters is 1. The summed E-state index contributed by atoms with van der Waals surface area (Å²) in [6.45, 7) is 33.8. The molecule has 9 aliphatic rings. The summed E-state index contributed by atoms with van der Waals surface area (Å²) in [7, 11) is 0. The van der Waals surface area contributed by atoms with Gasteiger partial charge in [0.1, 0.15) is 48.5 Å². The molecule has 0 spiro atoms. The van der Waals surface area contributed by atoms with Gasteiger partial charge in [-0.1, -0.05) is 171 Å². The number of fused-ring (bicyclic) bond motifs is 8. The van der Waals surface area contributed by atoms with E-state index in [0.29, 0.717) is 69.6 Å². The Bertz CT molecular complexity index is 3400. The van der Waals surface area contributed by atoms with E-state index in [0.717, 1.165) is 68.1 Å².